The predicted molar refractivity (Wildman–Crippen MR) is 130 cm³/mol. The van der Waals surface area contributed by atoms with Gasteiger partial charge in [-0.1, -0.05) is 80.4 Å². The molecule has 0 saturated heterocycles. The molecule has 0 aromatic heterocycles. The van der Waals surface area contributed by atoms with Gasteiger partial charge in [0.05, 0.1) is 8.95 Å². The van der Waals surface area contributed by atoms with Gasteiger partial charge in [-0.2, -0.15) is 0 Å². The van der Waals surface area contributed by atoms with Gasteiger partial charge >= 0.3 is 7.82 Å². The highest BCUT2D eigenvalue weighted by Gasteiger charge is 2.29. The molecule has 1 N–H and O–H groups in total. The van der Waals surface area contributed by atoms with Gasteiger partial charge in [0.1, 0.15) is 11.5 Å². The second-order valence-corrected chi connectivity index (χ2v) is 10.7. The van der Waals surface area contributed by atoms with E-state index in [0.29, 0.717) is 8.95 Å². The van der Waals surface area contributed by atoms with Crippen LogP contribution in [0.2, 0.25) is 0 Å². The normalized spacial score (nSPS) is 11.8. The molecule has 0 radical (unpaired) electrons. The third kappa shape index (κ3) is 4.29. The molecule has 0 amide bonds. The molecule has 4 aromatic rings. The van der Waals surface area contributed by atoms with Gasteiger partial charge in [-0.05, 0) is 54.8 Å². The predicted octanol–water partition coefficient (Wildman–Crippen LogP) is 8.60. The molecule has 4 rings (SSSR count). The lowest BCUT2D eigenvalue weighted by Crippen LogP contribution is -2.01. The zero-order chi connectivity index (χ0) is 20.8. The van der Waals surface area contributed by atoms with Crippen molar-refractivity contribution in [3.8, 4) is 11.5 Å². The van der Waals surface area contributed by atoms with Crippen LogP contribution in [0, 0.1) is 0 Å². The van der Waals surface area contributed by atoms with Crippen molar-refractivity contribution >= 4 is 93.1 Å². The summed E-state index contributed by atoms with van der Waals surface area (Å²) < 4.78 is 26.2. The number of phosphoric acid groups is 1. The van der Waals surface area contributed by atoms with Crippen LogP contribution in [0.25, 0.3) is 21.5 Å². The number of phosphoric ester groups is 1. The van der Waals surface area contributed by atoms with Crippen molar-refractivity contribution in [2.45, 2.75) is 0 Å². The first-order chi connectivity index (χ1) is 13.8. The number of fused-ring (bicyclic) bond motifs is 2. The Bertz CT molecular complexity index is 1210. The zero-order valence-corrected chi connectivity index (χ0v) is 21.6. The molecule has 0 saturated carbocycles. The van der Waals surface area contributed by atoms with Crippen LogP contribution in [0.4, 0.5) is 0 Å². The minimum absolute atomic E-state index is 0.192. The molecular weight excluding hydrogens is 655 g/mol. The summed E-state index contributed by atoms with van der Waals surface area (Å²) in [6.45, 7) is 0. The first-order valence-electron chi connectivity index (χ1n) is 8.22. The monoisotopic (exact) mass is 662 g/mol. The standard InChI is InChI=1S/C20H11Br4O4P/c21-15-9-17(19(23)13-7-3-1-5-11(13)15)27-29(25,26)28-18-10-16(22)12-6-2-4-8-14(12)20(18)24/h1-10H,(H,25,26). The van der Waals surface area contributed by atoms with Gasteiger partial charge in [-0.3, -0.25) is 4.89 Å². The molecule has 0 fully saturated rings. The lowest BCUT2D eigenvalue weighted by Gasteiger charge is -2.18. The Balaban J connectivity index is 1.72. The smallest absolute Gasteiger partial charge is 0.394 e. The molecule has 0 heterocycles. The van der Waals surface area contributed by atoms with Crippen molar-refractivity contribution in [3.05, 3.63) is 78.6 Å². The van der Waals surface area contributed by atoms with E-state index in [-0.39, 0.29) is 11.5 Å². The molecule has 0 atom stereocenters. The highest BCUT2D eigenvalue weighted by Crippen LogP contribution is 2.51. The summed E-state index contributed by atoms with van der Waals surface area (Å²) in [4.78, 5) is 10.4. The van der Waals surface area contributed by atoms with Gasteiger partial charge in [-0.25, -0.2) is 4.57 Å². The minimum atomic E-state index is -4.49. The van der Waals surface area contributed by atoms with E-state index in [4.69, 9.17) is 9.05 Å². The van der Waals surface area contributed by atoms with E-state index in [1.165, 1.54) is 0 Å². The van der Waals surface area contributed by atoms with Gasteiger partial charge in [0.2, 0.25) is 0 Å². The summed E-state index contributed by atoms with van der Waals surface area (Å²) in [7, 11) is -4.49. The van der Waals surface area contributed by atoms with Gasteiger partial charge in [0.25, 0.3) is 0 Å². The second-order valence-electron chi connectivity index (χ2n) is 6.08. The summed E-state index contributed by atoms with van der Waals surface area (Å²) in [6.07, 6.45) is 0. The molecule has 9 heteroatoms. The van der Waals surface area contributed by atoms with Crippen molar-refractivity contribution in [2.24, 2.45) is 0 Å². The van der Waals surface area contributed by atoms with Gasteiger partial charge in [-0.15, -0.1) is 0 Å². The highest BCUT2D eigenvalue weighted by atomic mass is 79.9. The summed E-state index contributed by atoms with van der Waals surface area (Å²) in [6, 6.07) is 18.5. The number of rotatable bonds is 4. The Morgan fingerprint density at radius 2 is 1.00 bits per heavy atom. The first kappa shape index (κ1) is 21.3. The molecule has 29 heavy (non-hydrogen) atoms. The molecule has 148 valence electrons. The average molecular weight is 666 g/mol. The Hall–Kier alpha value is -0.890. The highest BCUT2D eigenvalue weighted by molar-refractivity contribution is 9.11. The van der Waals surface area contributed by atoms with Crippen LogP contribution in [0.15, 0.2) is 78.6 Å². The molecule has 0 aliphatic carbocycles. The topological polar surface area (TPSA) is 55.8 Å². The molecule has 0 unspecified atom stereocenters. The Labute approximate surface area is 200 Å². The molecule has 4 nitrogen and oxygen atoms in total. The molecule has 0 spiro atoms. The van der Waals surface area contributed by atoms with Gasteiger partial charge in [0, 0.05) is 19.7 Å². The lowest BCUT2D eigenvalue weighted by atomic mass is 10.1. The van der Waals surface area contributed by atoms with Crippen molar-refractivity contribution in [1.82, 2.24) is 0 Å². The van der Waals surface area contributed by atoms with Crippen molar-refractivity contribution < 1.29 is 18.5 Å². The molecule has 0 aliphatic rings. The summed E-state index contributed by atoms with van der Waals surface area (Å²) in [5.41, 5.74) is 0. The molecule has 0 aliphatic heterocycles. The Kier molecular flexibility index (Phi) is 6.13. The van der Waals surface area contributed by atoms with E-state index in [0.717, 1.165) is 30.5 Å². The fourth-order valence-electron chi connectivity index (χ4n) is 2.94. The molecule has 0 bridgehead atoms. The van der Waals surface area contributed by atoms with Crippen LogP contribution in [-0.4, -0.2) is 4.89 Å². The van der Waals surface area contributed by atoms with E-state index in [2.05, 4.69) is 63.7 Å². The van der Waals surface area contributed by atoms with Crippen LogP contribution in [0.5, 0.6) is 11.5 Å². The van der Waals surface area contributed by atoms with E-state index in [1.54, 1.807) is 12.1 Å². The third-order valence-corrected chi connectivity index (χ3v) is 8.02. The van der Waals surface area contributed by atoms with Crippen LogP contribution in [0.3, 0.4) is 0 Å². The van der Waals surface area contributed by atoms with Gasteiger partial charge < -0.3 is 9.05 Å². The average Bonchev–Trinajstić information content (AvgIpc) is 2.69. The van der Waals surface area contributed by atoms with E-state index < -0.39 is 7.82 Å². The number of halogens is 4. The van der Waals surface area contributed by atoms with Crippen molar-refractivity contribution in [1.29, 1.82) is 0 Å². The molecule has 4 aromatic carbocycles. The maximum Gasteiger partial charge on any atom is 0.584 e. The largest absolute Gasteiger partial charge is 0.584 e. The molecular formula is C20H11Br4O4P. The Morgan fingerprint density at radius 1 is 0.655 bits per heavy atom. The van der Waals surface area contributed by atoms with E-state index >= 15 is 0 Å². The fraction of sp³-hybridized carbons (Fsp3) is 0. The first-order valence-corrected chi connectivity index (χ1v) is 12.9. The fourth-order valence-corrected chi connectivity index (χ4v) is 6.21. The van der Waals surface area contributed by atoms with Crippen LogP contribution < -0.4 is 9.05 Å². The van der Waals surface area contributed by atoms with Crippen molar-refractivity contribution in [3.63, 3.8) is 0 Å². The maximum atomic E-state index is 12.8. The van der Waals surface area contributed by atoms with Crippen LogP contribution in [0.1, 0.15) is 0 Å². The number of hydrogen-bond donors (Lipinski definition) is 1. The summed E-state index contributed by atoms with van der Waals surface area (Å²) >= 11 is 13.9. The maximum absolute atomic E-state index is 12.8. The second kappa shape index (κ2) is 8.33. The van der Waals surface area contributed by atoms with E-state index in [9.17, 15) is 9.46 Å². The number of benzene rings is 4. The summed E-state index contributed by atoms with van der Waals surface area (Å²) in [5, 5.41) is 3.57. The van der Waals surface area contributed by atoms with E-state index in [1.807, 2.05) is 48.5 Å². The SMILES string of the molecule is O=P(O)(Oc1cc(Br)c2ccccc2c1Br)Oc1cc(Br)c2ccccc2c1Br. The minimum Gasteiger partial charge on any atom is -0.394 e. The summed E-state index contributed by atoms with van der Waals surface area (Å²) in [5.74, 6) is 0.384. The Morgan fingerprint density at radius 3 is 1.38 bits per heavy atom. The van der Waals surface area contributed by atoms with Crippen LogP contribution in [-0.2, 0) is 4.57 Å². The van der Waals surface area contributed by atoms with Gasteiger partial charge in [0.15, 0.2) is 0 Å². The van der Waals surface area contributed by atoms with Crippen LogP contribution >= 0.6 is 71.5 Å². The third-order valence-electron chi connectivity index (χ3n) is 4.22. The zero-order valence-electron chi connectivity index (χ0n) is 14.4. The van der Waals surface area contributed by atoms with Crippen molar-refractivity contribution in [2.75, 3.05) is 0 Å². The number of hydrogen-bond acceptors (Lipinski definition) is 3. The quantitative estimate of drug-likeness (QED) is 0.222. The lowest BCUT2D eigenvalue weighted by molar-refractivity contribution is 0.290.